The molecule has 1 fully saturated rings. The number of fused-ring (bicyclic) bond motifs is 1. The van der Waals surface area contributed by atoms with Gasteiger partial charge in [-0.1, -0.05) is 48.9 Å². The van der Waals surface area contributed by atoms with Crippen LogP contribution in [0.3, 0.4) is 0 Å². The van der Waals surface area contributed by atoms with Gasteiger partial charge in [-0.3, -0.25) is 4.79 Å². The third-order valence-electron chi connectivity index (χ3n) is 9.31. The molecule has 13 heteroatoms. The minimum atomic E-state index is -4.38. The van der Waals surface area contributed by atoms with Crippen molar-refractivity contribution in [1.29, 1.82) is 5.41 Å². The number of carbonyl (C=O) groups excluding carboxylic acids is 2. The van der Waals surface area contributed by atoms with Gasteiger partial charge in [-0.2, -0.15) is 8.78 Å². The lowest BCUT2D eigenvalue weighted by atomic mass is 10.0. The summed E-state index contributed by atoms with van der Waals surface area (Å²) in [4.78, 5) is 24.6. The second-order valence-electron chi connectivity index (χ2n) is 13.6. The number of hydrogen-bond donors (Lipinski definition) is 1. The molecule has 0 saturated carbocycles. The zero-order chi connectivity index (χ0) is 40.5. The molecule has 1 aliphatic rings. The van der Waals surface area contributed by atoms with E-state index in [-0.39, 0.29) is 44.5 Å². The van der Waals surface area contributed by atoms with Gasteiger partial charge in [-0.05, 0) is 79.8 Å². The van der Waals surface area contributed by atoms with Gasteiger partial charge in [-0.25, -0.2) is 13.6 Å². The number of alkyl halides is 2. The summed E-state index contributed by atoms with van der Waals surface area (Å²) in [6.45, 7) is 6.57. The second-order valence-corrected chi connectivity index (χ2v) is 13.6. The number of hydrogen-bond acceptors (Lipinski definition) is 9. The van der Waals surface area contributed by atoms with Crippen molar-refractivity contribution in [3.05, 3.63) is 119 Å². The summed E-state index contributed by atoms with van der Waals surface area (Å²) in [7, 11) is 0. The summed E-state index contributed by atoms with van der Waals surface area (Å²) in [6.07, 6.45) is 0.285. The van der Waals surface area contributed by atoms with Crippen LogP contribution in [0.1, 0.15) is 59.7 Å². The van der Waals surface area contributed by atoms with E-state index in [1.54, 1.807) is 31.2 Å². The molecule has 0 amide bonds. The van der Waals surface area contributed by atoms with Crippen molar-refractivity contribution < 1.29 is 55.6 Å². The van der Waals surface area contributed by atoms with Crippen LogP contribution >= 0.6 is 0 Å². The first-order valence-corrected chi connectivity index (χ1v) is 18.5. The van der Waals surface area contributed by atoms with E-state index in [4.69, 9.17) is 33.8 Å². The molecule has 0 bridgehead atoms. The number of nitrogens with one attached hydrogen (secondary N) is 1. The van der Waals surface area contributed by atoms with Gasteiger partial charge in [0.2, 0.25) is 0 Å². The van der Waals surface area contributed by atoms with Crippen LogP contribution < -0.4 is 18.9 Å². The van der Waals surface area contributed by atoms with E-state index in [2.05, 4.69) is 0 Å². The van der Waals surface area contributed by atoms with E-state index in [1.165, 1.54) is 49.4 Å². The number of ether oxygens (including phenoxy) is 6. The fraction of sp³-hybridized carbons (Fsp3) is 0.295. The smallest absolute Gasteiger partial charge is 0.429 e. The zero-order valence-electron chi connectivity index (χ0n) is 31.4. The molecule has 0 spiro atoms. The SMILES string of the molecule is CC(=O)Oc1ccc(-c2ccc(C(F)(F)Oc3cc(C=N)c(OC(=O)c4ccc(OCCCCCCOCC5COC5)c(C)c4)c4ccccc34)c(F)c2F)cc1. The lowest BCUT2D eigenvalue weighted by Gasteiger charge is -2.25. The molecule has 57 heavy (non-hydrogen) atoms. The van der Waals surface area contributed by atoms with Crippen LogP contribution in [0.5, 0.6) is 23.0 Å². The van der Waals surface area contributed by atoms with Gasteiger partial charge < -0.3 is 33.8 Å². The van der Waals surface area contributed by atoms with Gasteiger partial charge in [0, 0.05) is 47.6 Å². The topological polar surface area (TPSA) is 113 Å². The number of esters is 2. The van der Waals surface area contributed by atoms with Crippen molar-refractivity contribution in [2.75, 3.05) is 33.0 Å². The highest BCUT2D eigenvalue weighted by atomic mass is 19.3. The Hall–Kier alpha value is -5.79. The molecule has 5 aromatic rings. The number of halogens is 4. The Balaban J connectivity index is 1.12. The average Bonchev–Trinajstić information content (AvgIpc) is 3.17. The number of aryl methyl sites for hydroxylation is 1. The molecule has 1 N–H and O–H groups in total. The van der Waals surface area contributed by atoms with Crippen LogP contribution in [0.25, 0.3) is 21.9 Å². The Morgan fingerprint density at radius 2 is 1.56 bits per heavy atom. The summed E-state index contributed by atoms with van der Waals surface area (Å²) in [5.74, 6) is -3.94. The molecule has 298 valence electrons. The van der Waals surface area contributed by atoms with E-state index in [0.717, 1.165) is 70.5 Å². The predicted octanol–water partition coefficient (Wildman–Crippen LogP) is 9.97. The molecule has 0 radical (unpaired) electrons. The van der Waals surface area contributed by atoms with Gasteiger partial charge >= 0.3 is 18.0 Å². The fourth-order valence-electron chi connectivity index (χ4n) is 6.26. The van der Waals surface area contributed by atoms with Crippen LogP contribution in [0.2, 0.25) is 0 Å². The van der Waals surface area contributed by atoms with Crippen molar-refractivity contribution in [2.24, 2.45) is 5.92 Å². The quantitative estimate of drug-likeness (QED) is 0.0307. The number of rotatable bonds is 18. The zero-order valence-corrected chi connectivity index (χ0v) is 31.4. The summed E-state index contributed by atoms with van der Waals surface area (Å²) < 4.78 is 94.6. The van der Waals surface area contributed by atoms with Crippen molar-refractivity contribution >= 4 is 28.9 Å². The van der Waals surface area contributed by atoms with Crippen LogP contribution in [-0.2, 0) is 20.4 Å². The van der Waals surface area contributed by atoms with Crippen LogP contribution in [0.4, 0.5) is 17.6 Å². The Morgan fingerprint density at radius 3 is 2.23 bits per heavy atom. The molecule has 0 aliphatic carbocycles. The summed E-state index contributed by atoms with van der Waals surface area (Å²) in [5.41, 5.74) is -0.700. The van der Waals surface area contributed by atoms with E-state index in [1.807, 2.05) is 0 Å². The minimum Gasteiger partial charge on any atom is -0.493 e. The summed E-state index contributed by atoms with van der Waals surface area (Å²) in [6, 6.07) is 19.1. The van der Waals surface area contributed by atoms with Gasteiger partial charge in [0.05, 0.1) is 32.0 Å². The largest absolute Gasteiger partial charge is 0.493 e. The first-order valence-electron chi connectivity index (χ1n) is 18.5. The summed E-state index contributed by atoms with van der Waals surface area (Å²) in [5, 5.41) is 8.24. The van der Waals surface area contributed by atoms with Crippen molar-refractivity contribution in [1.82, 2.24) is 0 Å². The molecular weight excluding hydrogens is 746 g/mol. The highest BCUT2D eigenvalue weighted by Gasteiger charge is 2.40. The van der Waals surface area contributed by atoms with Gasteiger partial charge in [0.25, 0.3) is 0 Å². The Bertz CT molecular complexity index is 2240. The normalized spacial score (nSPS) is 12.9. The minimum absolute atomic E-state index is 0.0622. The third-order valence-corrected chi connectivity index (χ3v) is 9.31. The van der Waals surface area contributed by atoms with Crippen LogP contribution in [0, 0.1) is 29.9 Å². The van der Waals surface area contributed by atoms with E-state index < -0.39 is 41.0 Å². The van der Waals surface area contributed by atoms with Crippen LogP contribution in [0.15, 0.2) is 84.9 Å². The van der Waals surface area contributed by atoms with Gasteiger partial charge in [-0.15, -0.1) is 0 Å². The molecule has 1 saturated heterocycles. The molecule has 0 unspecified atom stereocenters. The molecule has 5 aromatic carbocycles. The highest BCUT2D eigenvalue weighted by Crippen LogP contribution is 2.42. The Kier molecular flexibility index (Phi) is 13.2. The van der Waals surface area contributed by atoms with E-state index in [0.29, 0.717) is 29.9 Å². The van der Waals surface area contributed by atoms with Crippen molar-refractivity contribution in [3.63, 3.8) is 0 Å². The second kappa shape index (κ2) is 18.4. The maximum absolute atomic E-state index is 15.7. The van der Waals surface area contributed by atoms with Gasteiger partial charge in [0.1, 0.15) is 28.6 Å². The maximum atomic E-state index is 15.7. The Morgan fingerprint density at radius 1 is 0.842 bits per heavy atom. The van der Waals surface area contributed by atoms with Crippen LogP contribution in [-0.4, -0.2) is 51.2 Å². The molecule has 0 atom stereocenters. The average molecular weight is 788 g/mol. The first kappa shape index (κ1) is 40.9. The monoisotopic (exact) mass is 787 g/mol. The van der Waals surface area contributed by atoms with Crippen molar-refractivity contribution in [3.8, 4) is 34.1 Å². The lowest BCUT2D eigenvalue weighted by Crippen LogP contribution is -2.31. The number of carbonyl (C=O) groups is 2. The molecule has 0 aromatic heterocycles. The third kappa shape index (κ3) is 9.97. The van der Waals surface area contributed by atoms with Crippen molar-refractivity contribution in [2.45, 2.75) is 45.6 Å². The van der Waals surface area contributed by atoms with Gasteiger partial charge in [0.15, 0.2) is 11.6 Å². The van der Waals surface area contributed by atoms with E-state index >= 15 is 17.6 Å². The first-order chi connectivity index (χ1) is 27.4. The lowest BCUT2D eigenvalue weighted by molar-refractivity contribution is -0.187. The number of benzene rings is 5. The predicted molar refractivity (Wildman–Crippen MR) is 205 cm³/mol. The highest BCUT2D eigenvalue weighted by molar-refractivity contribution is 6.03. The molecular formula is C44H41F4NO8. The number of unbranched alkanes of at least 4 members (excludes halogenated alkanes) is 3. The molecule has 9 nitrogen and oxygen atoms in total. The molecule has 6 rings (SSSR count). The summed E-state index contributed by atoms with van der Waals surface area (Å²) >= 11 is 0. The Labute approximate surface area is 326 Å². The fourth-order valence-corrected chi connectivity index (χ4v) is 6.26. The molecule has 1 heterocycles. The maximum Gasteiger partial charge on any atom is 0.429 e. The standard InChI is InChI=1S/C44H41F4NO8/c1-27-21-31(13-18-38(27)54-20-8-4-3-7-19-52-24-29-25-53-26-29)43(51)56-42-32(23-49)22-39(35-9-5-6-10-36(35)42)57-44(47,48)37-17-16-34(40(45)41(37)46)30-11-14-33(15-12-30)55-28(2)50/h5-6,9-18,21-23,29,49H,3-4,7-8,19-20,24-26H2,1-2H3. The van der Waals surface area contributed by atoms with E-state index in [9.17, 15) is 9.59 Å². The molecule has 1 aliphatic heterocycles.